The molecule has 0 atom stereocenters. The molecule has 3 aromatic carbocycles. The summed E-state index contributed by atoms with van der Waals surface area (Å²) in [5.74, 6) is -0.472. The van der Waals surface area contributed by atoms with Crippen molar-refractivity contribution in [3.63, 3.8) is 0 Å². The number of rotatable bonds is 3. The smallest absolute Gasteiger partial charge is 0.408 e. The van der Waals surface area contributed by atoms with Gasteiger partial charge in [-0.05, 0) is 41.5 Å². The van der Waals surface area contributed by atoms with Crippen LogP contribution in [0.25, 0.3) is 21.9 Å². The van der Waals surface area contributed by atoms with Crippen molar-refractivity contribution < 1.29 is 9.21 Å². The average molecular weight is 317 g/mol. The van der Waals surface area contributed by atoms with Crippen LogP contribution in [0.2, 0.25) is 0 Å². The van der Waals surface area contributed by atoms with Gasteiger partial charge in [0.15, 0.2) is 11.4 Å². The fourth-order valence-electron chi connectivity index (χ4n) is 3.04. The summed E-state index contributed by atoms with van der Waals surface area (Å²) in [6.07, 6.45) is 0. The highest BCUT2D eigenvalue weighted by Crippen LogP contribution is 2.21. The topological polar surface area (TPSA) is 52.2 Å². The maximum Gasteiger partial charge on any atom is 0.420 e. The van der Waals surface area contributed by atoms with E-state index in [1.165, 1.54) is 6.92 Å². The summed E-state index contributed by atoms with van der Waals surface area (Å²) in [6, 6.07) is 19.2. The average Bonchev–Trinajstić information content (AvgIpc) is 2.90. The minimum absolute atomic E-state index is 0.0543. The lowest BCUT2D eigenvalue weighted by Crippen LogP contribution is -2.15. The Morgan fingerprint density at radius 2 is 1.83 bits per heavy atom. The quantitative estimate of drug-likeness (QED) is 0.537. The van der Waals surface area contributed by atoms with Crippen molar-refractivity contribution >= 4 is 27.7 Å². The van der Waals surface area contributed by atoms with Gasteiger partial charge in [0.2, 0.25) is 0 Å². The van der Waals surface area contributed by atoms with Crippen molar-refractivity contribution in [2.75, 3.05) is 0 Å². The second-order valence-electron chi connectivity index (χ2n) is 5.83. The molecule has 24 heavy (non-hydrogen) atoms. The molecule has 1 aromatic heterocycles. The molecule has 0 aliphatic carbocycles. The molecule has 0 saturated carbocycles. The Labute approximate surface area is 137 Å². The number of hydrogen-bond acceptors (Lipinski definition) is 3. The van der Waals surface area contributed by atoms with Crippen LogP contribution in [0.1, 0.15) is 22.8 Å². The van der Waals surface area contributed by atoms with Crippen molar-refractivity contribution in [1.82, 2.24) is 4.57 Å². The summed E-state index contributed by atoms with van der Waals surface area (Å²) >= 11 is 0. The van der Waals surface area contributed by atoms with Crippen LogP contribution in [-0.4, -0.2) is 10.4 Å². The van der Waals surface area contributed by atoms with E-state index < -0.39 is 5.76 Å². The molecule has 1 heterocycles. The Morgan fingerprint density at radius 3 is 2.67 bits per heavy atom. The molecule has 0 fully saturated rings. The fourth-order valence-corrected chi connectivity index (χ4v) is 3.04. The number of ketones is 1. The second kappa shape index (κ2) is 5.49. The molecular formula is C20H15NO3. The van der Waals surface area contributed by atoms with Crippen LogP contribution in [0.3, 0.4) is 0 Å². The van der Waals surface area contributed by atoms with Gasteiger partial charge < -0.3 is 4.42 Å². The van der Waals surface area contributed by atoms with Crippen molar-refractivity contribution in [2.24, 2.45) is 0 Å². The number of carbonyl (C=O) groups excluding carboxylic acids is 1. The lowest BCUT2D eigenvalue weighted by molar-refractivity contribution is 0.101. The van der Waals surface area contributed by atoms with E-state index in [9.17, 15) is 9.59 Å². The van der Waals surface area contributed by atoms with E-state index in [0.29, 0.717) is 23.2 Å². The van der Waals surface area contributed by atoms with Gasteiger partial charge in [-0.2, -0.15) is 0 Å². The molecule has 0 radical (unpaired) electrons. The van der Waals surface area contributed by atoms with Crippen molar-refractivity contribution in [3.05, 3.63) is 82.3 Å². The van der Waals surface area contributed by atoms with Crippen LogP contribution in [0.15, 0.2) is 69.9 Å². The standard InChI is InChI=1S/C20H15NO3/c1-13(22)15-9-10-18-19(11-15)24-20(23)21(18)12-16-7-4-6-14-5-2-3-8-17(14)16/h2-11H,12H2,1H3. The first-order valence-electron chi connectivity index (χ1n) is 7.74. The Kier molecular flexibility index (Phi) is 3.31. The maximum atomic E-state index is 12.3. The zero-order chi connectivity index (χ0) is 16.7. The van der Waals surface area contributed by atoms with Crippen LogP contribution < -0.4 is 5.76 Å². The molecule has 0 aliphatic rings. The highest BCUT2D eigenvalue weighted by molar-refractivity contribution is 5.97. The molecule has 4 aromatic rings. The van der Waals surface area contributed by atoms with Crippen molar-refractivity contribution in [2.45, 2.75) is 13.5 Å². The van der Waals surface area contributed by atoms with Crippen LogP contribution in [-0.2, 0) is 6.54 Å². The number of aromatic nitrogens is 1. The van der Waals surface area contributed by atoms with Gasteiger partial charge in [0, 0.05) is 5.56 Å². The Hall–Kier alpha value is -3.14. The molecule has 0 bridgehead atoms. The number of nitrogens with zero attached hydrogens (tertiary/aromatic N) is 1. The van der Waals surface area contributed by atoms with E-state index >= 15 is 0 Å². The van der Waals surface area contributed by atoms with Crippen molar-refractivity contribution in [3.8, 4) is 0 Å². The Bertz CT molecular complexity index is 1130. The number of fused-ring (bicyclic) bond motifs is 2. The van der Waals surface area contributed by atoms with E-state index in [4.69, 9.17) is 4.42 Å². The van der Waals surface area contributed by atoms with Gasteiger partial charge in [-0.3, -0.25) is 9.36 Å². The third-order valence-corrected chi connectivity index (χ3v) is 4.28. The third kappa shape index (κ3) is 2.33. The van der Waals surface area contributed by atoms with Crippen molar-refractivity contribution in [1.29, 1.82) is 0 Å². The summed E-state index contributed by atoms with van der Waals surface area (Å²) in [4.78, 5) is 23.8. The van der Waals surface area contributed by atoms with E-state index in [1.807, 2.05) is 42.5 Å². The SMILES string of the molecule is CC(=O)c1ccc2c(c1)oc(=O)n2Cc1cccc2ccccc12. The van der Waals surface area contributed by atoms with Gasteiger partial charge in [-0.1, -0.05) is 42.5 Å². The number of hydrogen-bond donors (Lipinski definition) is 0. The molecule has 4 heteroatoms. The second-order valence-corrected chi connectivity index (χ2v) is 5.83. The summed E-state index contributed by atoms with van der Waals surface area (Å²) in [5, 5.41) is 2.25. The molecule has 4 nitrogen and oxygen atoms in total. The minimum Gasteiger partial charge on any atom is -0.408 e. The normalized spacial score (nSPS) is 11.2. The van der Waals surface area contributed by atoms with Crippen LogP contribution in [0.5, 0.6) is 0 Å². The van der Waals surface area contributed by atoms with Gasteiger partial charge in [-0.25, -0.2) is 4.79 Å². The molecule has 0 amide bonds. The highest BCUT2D eigenvalue weighted by Gasteiger charge is 2.12. The molecule has 118 valence electrons. The van der Waals surface area contributed by atoms with E-state index in [2.05, 4.69) is 0 Å². The maximum absolute atomic E-state index is 12.3. The first kappa shape index (κ1) is 14.5. The number of benzene rings is 3. The van der Waals surface area contributed by atoms with E-state index in [0.717, 1.165) is 16.3 Å². The summed E-state index contributed by atoms with van der Waals surface area (Å²) in [6.45, 7) is 1.92. The summed E-state index contributed by atoms with van der Waals surface area (Å²) in [5.41, 5.74) is 2.72. The Balaban J connectivity index is 1.86. The monoisotopic (exact) mass is 317 g/mol. The van der Waals surface area contributed by atoms with Gasteiger partial charge in [-0.15, -0.1) is 0 Å². The predicted octanol–water partition coefficient (Wildman–Crippen LogP) is 4.00. The van der Waals surface area contributed by atoms with Gasteiger partial charge in [0.25, 0.3) is 0 Å². The first-order chi connectivity index (χ1) is 11.6. The van der Waals surface area contributed by atoms with Gasteiger partial charge >= 0.3 is 5.76 Å². The zero-order valence-electron chi connectivity index (χ0n) is 13.2. The number of carbonyl (C=O) groups is 1. The minimum atomic E-state index is -0.418. The van der Waals surface area contributed by atoms with E-state index in [1.54, 1.807) is 22.8 Å². The molecular weight excluding hydrogens is 302 g/mol. The summed E-state index contributed by atoms with van der Waals surface area (Å²) < 4.78 is 6.93. The molecule has 0 saturated heterocycles. The molecule has 0 N–H and O–H groups in total. The zero-order valence-corrected chi connectivity index (χ0v) is 13.2. The Morgan fingerprint density at radius 1 is 1.04 bits per heavy atom. The molecule has 0 aliphatic heterocycles. The lowest BCUT2D eigenvalue weighted by Gasteiger charge is -2.07. The predicted molar refractivity (Wildman–Crippen MR) is 93.5 cm³/mol. The highest BCUT2D eigenvalue weighted by atomic mass is 16.4. The number of oxazole rings is 1. The molecule has 0 unspecified atom stereocenters. The van der Waals surface area contributed by atoms with E-state index in [-0.39, 0.29) is 5.78 Å². The first-order valence-corrected chi connectivity index (χ1v) is 7.74. The fraction of sp³-hybridized carbons (Fsp3) is 0.100. The molecule has 0 spiro atoms. The molecule has 4 rings (SSSR count). The van der Waals surface area contributed by atoms with Crippen LogP contribution in [0.4, 0.5) is 0 Å². The number of Topliss-reactive ketones (excluding diaryl/α,β-unsaturated/α-hetero) is 1. The van der Waals surface area contributed by atoms with Crippen LogP contribution in [0, 0.1) is 0 Å². The van der Waals surface area contributed by atoms with Gasteiger partial charge in [0.05, 0.1) is 12.1 Å². The van der Waals surface area contributed by atoms with Gasteiger partial charge in [0.1, 0.15) is 0 Å². The third-order valence-electron chi connectivity index (χ3n) is 4.28. The largest absolute Gasteiger partial charge is 0.420 e. The summed E-state index contributed by atoms with van der Waals surface area (Å²) in [7, 11) is 0. The van der Waals surface area contributed by atoms with Crippen LogP contribution >= 0.6 is 0 Å². The lowest BCUT2D eigenvalue weighted by atomic mass is 10.0.